The molecule has 0 atom stereocenters. The van der Waals surface area contributed by atoms with E-state index >= 15 is 0 Å². The van der Waals surface area contributed by atoms with Gasteiger partial charge in [0.2, 0.25) is 0 Å². The van der Waals surface area contributed by atoms with Crippen molar-refractivity contribution in [1.82, 2.24) is 4.98 Å². The Bertz CT molecular complexity index is 732. The summed E-state index contributed by atoms with van der Waals surface area (Å²) in [6.07, 6.45) is 2.26. The van der Waals surface area contributed by atoms with E-state index in [2.05, 4.69) is 24.1 Å². The van der Waals surface area contributed by atoms with Gasteiger partial charge in [0.15, 0.2) is 17.3 Å². The van der Waals surface area contributed by atoms with Gasteiger partial charge >= 0.3 is 0 Å². The van der Waals surface area contributed by atoms with Gasteiger partial charge in [-0.2, -0.15) is 0 Å². The molecule has 0 radical (unpaired) electrons. The van der Waals surface area contributed by atoms with E-state index in [-0.39, 0.29) is 21.7 Å². The lowest BCUT2D eigenvalue weighted by atomic mass is 10.0. The fourth-order valence-electron chi connectivity index (χ4n) is 2.23. The maximum atomic E-state index is 13.8. The topological polar surface area (TPSA) is 62.2 Å². The Balaban J connectivity index is 2.66. The summed E-state index contributed by atoms with van der Waals surface area (Å²) in [5.74, 6) is -1.15. The summed E-state index contributed by atoms with van der Waals surface area (Å²) in [4.78, 5) is 15.9. The highest BCUT2D eigenvalue weighted by molar-refractivity contribution is 6.36. The van der Waals surface area contributed by atoms with Crippen LogP contribution in [0.25, 0.3) is 10.9 Å². The molecule has 6 heteroatoms. The molecule has 1 aromatic heterocycles. The Kier molecular flexibility index (Phi) is 4.86. The van der Waals surface area contributed by atoms with Crippen molar-refractivity contribution >= 4 is 34.0 Å². The number of ketones is 1. The summed E-state index contributed by atoms with van der Waals surface area (Å²) in [6, 6.07) is 1.01. The van der Waals surface area contributed by atoms with E-state index in [9.17, 15) is 14.3 Å². The first-order valence-corrected chi connectivity index (χ1v) is 7.45. The van der Waals surface area contributed by atoms with Crippen molar-refractivity contribution in [2.75, 3.05) is 11.9 Å². The van der Waals surface area contributed by atoms with Crippen LogP contribution in [0.2, 0.25) is 5.02 Å². The zero-order chi connectivity index (χ0) is 16.4. The van der Waals surface area contributed by atoms with Gasteiger partial charge < -0.3 is 10.4 Å². The van der Waals surface area contributed by atoms with Crippen LogP contribution in [0.3, 0.4) is 0 Å². The molecule has 4 nitrogen and oxygen atoms in total. The number of aromatic nitrogens is 1. The molecule has 0 aliphatic rings. The third kappa shape index (κ3) is 3.14. The lowest BCUT2D eigenvalue weighted by Crippen LogP contribution is -2.10. The molecule has 0 amide bonds. The average molecular weight is 325 g/mol. The predicted octanol–water partition coefficient (Wildman–Crippen LogP) is 4.39. The van der Waals surface area contributed by atoms with Crippen LogP contribution in [-0.4, -0.2) is 22.4 Å². The number of nitrogens with one attached hydrogen (secondary N) is 1. The number of aromatic hydroxyl groups is 1. The maximum Gasteiger partial charge on any atom is 0.167 e. The number of hydrogen-bond donors (Lipinski definition) is 2. The normalized spacial score (nSPS) is 11.2. The third-order valence-electron chi connectivity index (χ3n) is 3.42. The van der Waals surface area contributed by atoms with Crippen molar-refractivity contribution in [3.8, 4) is 5.75 Å². The summed E-state index contributed by atoms with van der Waals surface area (Å²) >= 11 is 6.00. The largest absolute Gasteiger partial charge is 0.504 e. The summed E-state index contributed by atoms with van der Waals surface area (Å²) < 4.78 is 13.8. The molecular weight excluding hydrogens is 307 g/mol. The molecular formula is C16H18ClFN2O2. The lowest BCUT2D eigenvalue weighted by molar-refractivity contribution is 0.101. The number of benzene rings is 1. The molecule has 0 fully saturated rings. The average Bonchev–Trinajstić information content (AvgIpc) is 2.43. The van der Waals surface area contributed by atoms with Crippen LogP contribution in [0.5, 0.6) is 5.75 Å². The van der Waals surface area contributed by atoms with Gasteiger partial charge in [-0.25, -0.2) is 4.39 Å². The second-order valence-corrected chi connectivity index (χ2v) is 6.03. The van der Waals surface area contributed by atoms with E-state index in [0.29, 0.717) is 23.7 Å². The van der Waals surface area contributed by atoms with Crippen LogP contribution in [-0.2, 0) is 0 Å². The number of anilines is 1. The van der Waals surface area contributed by atoms with Gasteiger partial charge in [0, 0.05) is 12.7 Å². The van der Waals surface area contributed by atoms with E-state index in [1.165, 1.54) is 13.1 Å². The number of phenols is 1. The highest BCUT2D eigenvalue weighted by Crippen LogP contribution is 2.38. The molecule has 0 saturated heterocycles. The quantitative estimate of drug-likeness (QED) is 0.800. The smallest absolute Gasteiger partial charge is 0.167 e. The fraction of sp³-hybridized carbons (Fsp3) is 0.375. The standard InChI is InChI=1S/C16H18ClFN2O2/c1-8(2)4-5-19-14-10(9(3)21)7-20-15-11(17)6-12(18)16(22)13(14)15/h6-8,22H,4-5H2,1-3H3,(H,19,20). The first-order chi connectivity index (χ1) is 10.3. The van der Waals surface area contributed by atoms with Gasteiger partial charge in [0.1, 0.15) is 0 Å². The van der Waals surface area contributed by atoms with Crippen molar-refractivity contribution in [3.63, 3.8) is 0 Å². The van der Waals surface area contributed by atoms with Crippen molar-refractivity contribution in [1.29, 1.82) is 0 Å². The van der Waals surface area contributed by atoms with Crippen LogP contribution >= 0.6 is 11.6 Å². The van der Waals surface area contributed by atoms with E-state index in [0.717, 1.165) is 12.5 Å². The number of rotatable bonds is 5. The third-order valence-corrected chi connectivity index (χ3v) is 3.71. The summed E-state index contributed by atoms with van der Waals surface area (Å²) in [5.41, 5.74) is 0.933. The molecule has 0 saturated carbocycles. The number of nitrogens with zero attached hydrogens (tertiary/aromatic N) is 1. The molecule has 0 spiro atoms. The second kappa shape index (κ2) is 6.48. The van der Waals surface area contributed by atoms with E-state index in [1.54, 1.807) is 0 Å². The number of Topliss-reactive ketones (excluding diaryl/α,β-unsaturated/α-hetero) is 1. The molecule has 22 heavy (non-hydrogen) atoms. The highest BCUT2D eigenvalue weighted by Gasteiger charge is 2.20. The molecule has 0 aliphatic heterocycles. The molecule has 2 aromatic rings. The minimum atomic E-state index is -0.841. The number of fused-ring (bicyclic) bond motifs is 1. The van der Waals surface area contributed by atoms with Crippen molar-refractivity contribution in [2.24, 2.45) is 5.92 Å². The molecule has 2 N–H and O–H groups in total. The molecule has 2 rings (SSSR count). The van der Waals surface area contributed by atoms with E-state index in [4.69, 9.17) is 11.6 Å². The fourth-order valence-corrected chi connectivity index (χ4v) is 2.47. The summed E-state index contributed by atoms with van der Waals surface area (Å²) in [5, 5.41) is 13.4. The molecule has 1 heterocycles. The molecule has 0 unspecified atom stereocenters. The SMILES string of the molecule is CC(=O)c1cnc2c(Cl)cc(F)c(O)c2c1NCCC(C)C. The predicted molar refractivity (Wildman–Crippen MR) is 86.3 cm³/mol. The molecule has 0 aliphatic carbocycles. The summed E-state index contributed by atoms with van der Waals surface area (Å²) in [6.45, 7) is 6.14. The number of halogens is 2. The zero-order valence-corrected chi connectivity index (χ0v) is 13.5. The molecule has 118 valence electrons. The Morgan fingerprint density at radius 3 is 2.77 bits per heavy atom. The first kappa shape index (κ1) is 16.5. The number of pyridine rings is 1. The maximum absolute atomic E-state index is 13.8. The van der Waals surface area contributed by atoms with E-state index < -0.39 is 11.6 Å². The number of hydrogen-bond acceptors (Lipinski definition) is 4. The Hall–Kier alpha value is -1.88. The number of phenolic OH excluding ortho intramolecular Hbond substituents is 1. The Morgan fingerprint density at radius 1 is 1.50 bits per heavy atom. The van der Waals surface area contributed by atoms with Gasteiger partial charge in [0.05, 0.1) is 27.2 Å². The minimum Gasteiger partial charge on any atom is -0.504 e. The van der Waals surface area contributed by atoms with Gasteiger partial charge in [-0.1, -0.05) is 25.4 Å². The number of carbonyl (C=O) groups is 1. The highest BCUT2D eigenvalue weighted by atomic mass is 35.5. The van der Waals surface area contributed by atoms with Crippen LogP contribution in [0.15, 0.2) is 12.3 Å². The van der Waals surface area contributed by atoms with Crippen LogP contribution in [0.1, 0.15) is 37.6 Å². The lowest BCUT2D eigenvalue weighted by Gasteiger charge is -2.16. The van der Waals surface area contributed by atoms with Crippen LogP contribution in [0, 0.1) is 11.7 Å². The monoisotopic (exact) mass is 324 g/mol. The van der Waals surface area contributed by atoms with Gasteiger partial charge in [0.25, 0.3) is 0 Å². The van der Waals surface area contributed by atoms with Gasteiger partial charge in [-0.05, 0) is 25.3 Å². The minimum absolute atomic E-state index is 0.0901. The van der Waals surface area contributed by atoms with Crippen molar-refractivity contribution in [2.45, 2.75) is 27.2 Å². The van der Waals surface area contributed by atoms with Crippen molar-refractivity contribution < 1.29 is 14.3 Å². The second-order valence-electron chi connectivity index (χ2n) is 5.62. The first-order valence-electron chi connectivity index (χ1n) is 7.07. The van der Waals surface area contributed by atoms with Crippen LogP contribution in [0.4, 0.5) is 10.1 Å². The number of carbonyl (C=O) groups excluding carboxylic acids is 1. The zero-order valence-electron chi connectivity index (χ0n) is 12.7. The van der Waals surface area contributed by atoms with E-state index in [1.807, 2.05) is 0 Å². The Labute approximate surface area is 133 Å². The Morgan fingerprint density at radius 2 is 2.18 bits per heavy atom. The van der Waals surface area contributed by atoms with Crippen molar-refractivity contribution in [3.05, 3.63) is 28.7 Å². The van der Waals surface area contributed by atoms with Gasteiger partial charge in [-0.3, -0.25) is 9.78 Å². The molecule has 0 bridgehead atoms. The summed E-state index contributed by atoms with van der Waals surface area (Å²) in [7, 11) is 0. The van der Waals surface area contributed by atoms with Gasteiger partial charge in [-0.15, -0.1) is 0 Å². The van der Waals surface area contributed by atoms with Crippen LogP contribution < -0.4 is 5.32 Å². The molecule has 1 aromatic carbocycles.